The Kier molecular flexibility index (Phi) is 3.78. The zero-order chi connectivity index (χ0) is 12.2. The minimum absolute atomic E-state index is 0.0770. The Morgan fingerprint density at radius 1 is 1.31 bits per heavy atom. The Labute approximate surface area is 90.0 Å². The predicted octanol–water partition coefficient (Wildman–Crippen LogP) is 3.14. The Morgan fingerprint density at radius 3 is 2.56 bits per heavy atom. The van der Waals surface area contributed by atoms with Gasteiger partial charge < -0.3 is 4.74 Å². The molecule has 0 aliphatic rings. The summed E-state index contributed by atoms with van der Waals surface area (Å²) in [7, 11) is 0. The average molecular weight is 232 g/mol. The summed E-state index contributed by atoms with van der Waals surface area (Å²) in [5, 5.41) is 0. The molecule has 5 heteroatoms. The van der Waals surface area contributed by atoms with Crippen molar-refractivity contribution in [1.82, 2.24) is 0 Å². The van der Waals surface area contributed by atoms with Crippen LogP contribution in [0.3, 0.4) is 0 Å². The summed E-state index contributed by atoms with van der Waals surface area (Å²) in [4.78, 5) is 0. The van der Waals surface area contributed by atoms with Gasteiger partial charge in [0.15, 0.2) is 0 Å². The first-order valence-corrected chi connectivity index (χ1v) is 4.38. The molecule has 16 heavy (non-hydrogen) atoms. The average Bonchev–Trinajstić information content (AvgIpc) is 2.18. The molecule has 0 aliphatic heterocycles. The Hall–Kier alpha value is -1.70. The molecular weight excluding hydrogens is 224 g/mol. The second-order valence-corrected chi connectivity index (χ2v) is 3.00. The van der Waals surface area contributed by atoms with Gasteiger partial charge in [0.25, 0.3) is 0 Å². The van der Waals surface area contributed by atoms with Crippen LogP contribution in [0.25, 0.3) is 0 Å². The van der Waals surface area contributed by atoms with Crippen LogP contribution in [0.5, 0.6) is 5.75 Å². The summed E-state index contributed by atoms with van der Waals surface area (Å²) in [6.07, 6.45) is -0.298. The van der Waals surface area contributed by atoms with Gasteiger partial charge in [0, 0.05) is 0 Å². The van der Waals surface area contributed by atoms with E-state index in [-0.39, 0.29) is 11.3 Å². The topological polar surface area (TPSA) is 9.23 Å². The minimum Gasteiger partial charge on any atom is -0.492 e. The summed E-state index contributed by atoms with van der Waals surface area (Å²) in [6, 6.07) is 3.31. The lowest BCUT2D eigenvalue weighted by atomic mass is 10.2. The predicted molar refractivity (Wildman–Crippen MR) is 50.5 cm³/mol. The molecule has 0 aliphatic carbocycles. The molecule has 0 fully saturated rings. The fourth-order valence-corrected chi connectivity index (χ4v) is 1.02. The number of hydrogen-bond acceptors (Lipinski definition) is 1. The van der Waals surface area contributed by atoms with E-state index in [0.29, 0.717) is 0 Å². The van der Waals surface area contributed by atoms with E-state index in [1.54, 1.807) is 0 Å². The lowest BCUT2D eigenvalue weighted by Crippen LogP contribution is -2.13. The van der Waals surface area contributed by atoms with E-state index >= 15 is 0 Å². The molecule has 0 unspecified atom stereocenters. The molecule has 0 bridgehead atoms. The van der Waals surface area contributed by atoms with Crippen LogP contribution in [0.4, 0.5) is 17.6 Å². The van der Waals surface area contributed by atoms with Gasteiger partial charge in [-0.15, -0.1) is 6.42 Å². The molecule has 0 saturated carbocycles. The molecule has 0 N–H and O–H groups in total. The van der Waals surface area contributed by atoms with Crippen molar-refractivity contribution in [3.05, 3.63) is 29.6 Å². The van der Waals surface area contributed by atoms with E-state index in [4.69, 9.17) is 11.2 Å². The van der Waals surface area contributed by atoms with E-state index < -0.39 is 25.0 Å². The maximum atomic E-state index is 12.7. The van der Waals surface area contributed by atoms with Gasteiger partial charge in [0.05, 0.1) is 18.6 Å². The van der Waals surface area contributed by atoms with Gasteiger partial charge in [-0.2, -0.15) is 13.2 Å². The van der Waals surface area contributed by atoms with Crippen molar-refractivity contribution in [2.45, 2.75) is 12.6 Å². The van der Waals surface area contributed by atoms with Crippen molar-refractivity contribution < 1.29 is 22.3 Å². The quantitative estimate of drug-likeness (QED) is 0.574. The molecular formula is C11H8F4O. The second-order valence-electron chi connectivity index (χ2n) is 3.00. The number of rotatable bonds is 3. The summed E-state index contributed by atoms with van der Waals surface area (Å²) < 4.78 is 53.0. The van der Waals surface area contributed by atoms with Crippen molar-refractivity contribution in [3.63, 3.8) is 0 Å². The molecule has 86 valence electrons. The first kappa shape index (κ1) is 12.4. The minimum atomic E-state index is -4.28. The molecule has 0 spiro atoms. The van der Waals surface area contributed by atoms with Gasteiger partial charge in [-0.3, -0.25) is 0 Å². The van der Waals surface area contributed by atoms with Crippen LogP contribution in [0.2, 0.25) is 0 Å². The molecule has 1 nitrogen and oxygen atoms in total. The van der Waals surface area contributed by atoms with Gasteiger partial charge in [0.1, 0.15) is 11.6 Å². The summed E-state index contributed by atoms with van der Waals surface area (Å²) in [6.45, 7) is -0.538. The van der Waals surface area contributed by atoms with Crippen molar-refractivity contribution >= 4 is 0 Å². The summed E-state index contributed by atoms with van der Waals surface area (Å²) in [5.41, 5.74) is 0.0992. The number of hydrogen-bond donors (Lipinski definition) is 0. The second kappa shape index (κ2) is 4.88. The first-order chi connectivity index (χ1) is 7.42. The van der Waals surface area contributed by atoms with Crippen LogP contribution in [0.1, 0.15) is 12.0 Å². The lowest BCUT2D eigenvalue weighted by molar-refractivity contribution is -0.139. The van der Waals surface area contributed by atoms with Gasteiger partial charge in [-0.25, -0.2) is 4.39 Å². The highest BCUT2D eigenvalue weighted by atomic mass is 19.4. The fraction of sp³-hybridized carbons (Fsp3) is 0.273. The highest BCUT2D eigenvalue weighted by Gasteiger charge is 2.26. The Morgan fingerprint density at radius 2 is 2.00 bits per heavy atom. The number of terminal acetylenes is 1. The number of halogens is 4. The van der Waals surface area contributed by atoms with E-state index in [2.05, 4.69) is 5.92 Å². The number of ether oxygens (including phenoxy) is 1. The van der Waals surface area contributed by atoms with E-state index in [1.165, 1.54) is 6.07 Å². The first-order valence-electron chi connectivity index (χ1n) is 4.38. The lowest BCUT2D eigenvalue weighted by Gasteiger charge is -2.10. The fourth-order valence-electron chi connectivity index (χ4n) is 1.02. The molecule has 0 heterocycles. The van der Waals surface area contributed by atoms with E-state index in [0.717, 1.165) is 12.1 Å². The zero-order valence-electron chi connectivity index (χ0n) is 8.14. The van der Waals surface area contributed by atoms with E-state index in [9.17, 15) is 17.6 Å². The number of benzene rings is 1. The third-order valence-electron chi connectivity index (χ3n) is 1.74. The van der Waals surface area contributed by atoms with Crippen molar-refractivity contribution in [1.29, 1.82) is 0 Å². The normalized spacial score (nSPS) is 10.9. The number of alkyl halides is 3. The van der Waals surface area contributed by atoms with E-state index in [1.807, 2.05) is 0 Å². The highest BCUT2D eigenvalue weighted by Crippen LogP contribution is 2.22. The molecule has 0 aromatic heterocycles. The van der Waals surface area contributed by atoms with Crippen molar-refractivity contribution in [2.24, 2.45) is 0 Å². The van der Waals surface area contributed by atoms with Crippen LogP contribution >= 0.6 is 0 Å². The highest BCUT2D eigenvalue weighted by molar-refractivity contribution is 5.44. The molecule has 0 saturated heterocycles. The van der Waals surface area contributed by atoms with Gasteiger partial charge in [-0.1, -0.05) is 5.92 Å². The largest absolute Gasteiger partial charge is 0.492 e. The standard InChI is InChI=1S/C11H8F4O/c1-2-8-7-9(12)3-4-10(8)16-6-5-11(13,14)15/h1,3-4,7H,5-6H2. The molecule has 1 aromatic carbocycles. The molecule has 0 amide bonds. The third kappa shape index (κ3) is 3.81. The van der Waals surface area contributed by atoms with Crippen molar-refractivity contribution in [3.8, 4) is 18.1 Å². The zero-order valence-corrected chi connectivity index (χ0v) is 8.14. The van der Waals surface area contributed by atoms with Gasteiger partial charge in [-0.05, 0) is 18.2 Å². The molecule has 0 radical (unpaired) electrons. The maximum absolute atomic E-state index is 12.7. The Balaban J connectivity index is 2.65. The summed E-state index contributed by atoms with van der Waals surface area (Å²) in [5.74, 6) is 1.66. The molecule has 1 aromatic rings. The van der Waals surface area contributed by atoms with Crippen LogP contribution in [0, 0.1) is 18.2 Å². The smallest absolute Gasteiger partial charge is 0.392 e. The van der Waals surface area contributed by atoms with Crippen LogP contribution in [0.15, 0.2) is 18.2 Å². The molecule has 0 atom stereocenters. The van der Waals surface area contributed by atoms with Crippen LogP contribution in [-0.4, -0.2) is 12.8 Å². The molecule has 1 rings (SSSR count). The Bertz CT molecular complexity index is 403. The third-order valence-corrected chi connectivity index (χ3v) is 1.74. The maximum Gasteiger partial charge on any atom is 0.392 e. The van der Waals surface area contributed by atoms with Crippen LogP contribution in [-0.2, 0) is 0 Å². The monoisotopic (exact) mass is 232 g/mol. The summed E-state index contributed by atoms with van der Waals surface area (Å²) >= 11 is 0. The SMILES string of the molecule is C#Cc1cc(F)ccc1OCCC(F)(F)F. The van der Waals surface area contributed by atoms with Crippen molar-refractivity contribution in [2.75, 3.05) is 6.61 Å². The van der Waals surface area contributed by atoms with Crippen LogP contribution < -0.4 is 4.74 Å². The van der Waals surface area contributed by atoms with Gasteiger partial charge >= 0.3 is 6.18 Å². The van der Waals surface area contributed by atoms with Gasteiger partial charge in [0.2, 0.25) is 0 Å².